The Balaban J connectivity index is 1.31. The fourth-order valence-corrected chi connectivity index (χ4v) is 4.42. The van der Waals surface area contributed by atoms with Crippen LogP contribution >= 0.6 is 0 Å². The van der Waals surface area contributed by atoms with Crippen molar-refractivity contribution in [1.82, 2.24) is 35.1 Å². The van der Waals surface area contributed by atoms with Crippen molar-refractivity contribution in [3.8, 4) is 34.0 Å². The average molecular weight is 491 g/mol. The van der Waals surface area contributed by atoms with Gasteiger partial charge in [-0.15, -0.1) is 0 Å². The second-order valence-corrected chi connectivity index (χ2v) is 9.03. The summed E-state index contributed by atoms with van der Waals surface area (Å²) in [6.45, 7) is 0. The van der Waals surface area contributed by atoms with Crippen LogP contribution in [0, 0.1) is 11.7 Å². The van der Waals surface area contributed by atoms with Crippen LogP contribution in [0.15, 0.2) is 67.3 Å². The zero-order chi connectivity index (χ0) is 24.9. The minimum Gasteiger partial charge on any atom is -0.337 e. The molecular formula is C27H19FN8O. The van der Waals surface area contributed by atoms with Gasteiger partial charge < -0.3 is 10.3 Å². The Morgan fingerprint density at radius 2 is 1.92 bits per heavy atom. The normalized spacial score (nSPS) is 13.3. The third-order valence-electron chi connectivity index (χ3n) is 6.44. The molecule has 1 aliphatic rings. The summed E-state index contributed by atoms with van der Waals surface area (Å²) < 4.78 is 15.2. The van der Waals surface area contributed by atoms with Crippen LogP contribution in [-0.2, 0) is 4.79 Å². The number of hydrogen-bond acceptors (Lipinski definition) is 6. The molecule has 1 fully saturated rings. The zero-order valence-electron chi connectivity index (χ0n) is 19.4. The second-order valence-electron chi connectivity index (χ2n) is 9.03. The number of H-pyrrole nitrogens is 2. The number of nitrogens with one attached hydrogen (secondary N) is 3. The van der Waals surface area contributed by atoms with E-state index in [9.17, 15) is 4.79 Å². The Hall–Kier alpha value is -4.99. The number of hydrogen-bond donors (Lipinski definition) is 3. The van der Waals surface area contributed by atoms with E-state index in [4.69, 9.17) is 4.98 Å². The molecule has 9 nitrogen and oxygen atoms in total. The highest BCUT2D eigenvalue weighted by Gasteiger charge is 2.29. The summed E-state index contributed by atoms with van der Waals surface area (Å²) in [5, 5.41) is 10.6. The number of anilines is 1. The molecule has 0 bridgehead atoms. The topological polar surface area (TPSA) is 125 Å². The van der Waals surface area contributed by atoms with Crippen molar-refractivity contribution in [2.24, 2.45) is 5.92 Å². The molecule has 0 aliphatic heterocycles. The molecule has 1 aliphatic carbocycles. The first-order valence-electron chi connectivity index (χ1n) is 11.8. The molecule has 0 atom stereocenters. The molecule has 0 spiro atoms. The summed E-state index contributed by atoms with van der Waals surface area (Å²) in [6.07, 6.45) is 8.44. The largest absolute Gasteiger partial charge is 0.337 e. The predicted molar refractivity (Wildman–Crippen MR) is 137 cm³/mol. The molecular weight excluding hydrogens is 471 g/mol. The maximum absolute atomic E-state index is 15.2. The lowest BCUT2D eigenvalue weighted by Gasteiger charge is -2.07. The van der Waals surface area contributed by atoms with Gasteiger partial charge in [-0.2, -0.15) is 5.10 Å². The van der Waals surface area contributed by atoms with Gasteiger partial charge in [-0.3, -0.25) is 24.8 Å². The van der Waals surface area contributed by atoms with E-state index in [1.165, 1.54) is 6.07 Å². The number of imidazole rings is 1. The first-order valence-corrected chi connectivity index (χ1v) is 11.8. The van der Waals surface area contributed by atoms with Gasteiger partial charge in [-0.1, -0.05) is 6.07 Å². The minimum absolute atomic E-state index is 0.0119. The molecule has 37 heavy (non-hydrogen) atoms. The number of amides is 1. The maximum Gasteiger partial charge on any atom is 0.227 e. The highest BCUT2D eigenvalue weighted by Crippen LogP contribution is 2.34. The van der Waals surface area contributed by atoms with Gasteiger partial charge in [-0.05, 0) is 54.8 Å². The van der Waals surface area contributed by atoms with Crippen molar-refractivity contribution in [2.75, 3.05) is 5.32 Å². The lowest BCUT2D eigenvalue weighted by Crippen LogP contribution is -2.13. The molecule has 3 N–H and O–H groups in total. The number of benzene rings is 1. The van der Waals surface area contributed by atoms with Gasteiger partial charge in [0.1, 0.15) is 22.4 Å². The number of carbonyl (C=O) groups excluding carboxylic acids is 1. The van der Waals surface area contributed by atoms with Crippen molar-refractivity contribution >= 4 is 33.5 Å². The van der Waals surface area contributed by atoms with E-state index >= 15 is 4.39 Å². The van der Waals surface area contributed by atoms with E-state index in [1.807, 2.05) is 30.3 Å². The third kappa shape index (κ3) is 3.79. The summed E-state index contributed by atoms with van der Waals surface area (Å²) in [5.41, 5.74) is 5.38. The summed E-state index contributed by atoms with van der Waals surface area (Å²) >= 11 is 0. The molecule has 10 heteroatoms. The molecule has 0 radical (unpaired) electrons. The van der Waals surface area contributed by atoms with Gasteiger partial charge >= 0.3 is 0 Å². The van der Waals surface area contributed by atoms with Crippen LogP contribution in [0.25, 0.3) is 56.0 Å². The number of carbonyl (C=O) groups is 1. The van der Waals surface area contributed by atoms with Gasteiger partial charge in [0.05, 0.1) is 23.1 Å². The van der Waals surface area contributed by atoms with Crippen LogP contribution in [-0.4, -0.2) is 41.0 Å². The predicted octanol–water partition coefficient (Wildman–Crippen LogP) is 5.11. The summed E-state index contributed by atoms with van der Waals surface area (Å²) in [6, 6.07) is 12.5. The first kappa shape index (κ1) is 21.3. The highest BCUT2D eigenvalue weighted by molar-refractivity contribution is 5.98. The number of fused-ring (bicyclic) bond motifs is 2. The van der Waals surface area contributed by atoms with Crippen molar-refractivity contribution in [3.63, 3.8) is 0 Å². The summed E-state index contributed by atoms with van der Waals surface area (Å²) in [4.78, 5) is 33.4. The molecule has 1 saturated carbocycles. The van der Waals surface area contributed by atoms with E-state index in [0.29, 0.717) is 50.6 Å². The Kier molecular flexibility index (Phi) is 4.78. The fourth-order valence-electron chi connectivity index (χ4n) is 4.42. The monoisotopic (exact) mass is 490 g/mol. The number of nitrogens with zero attached hydrogens (tertiary/aromatic N) is 5. The number of halogens is 1. The van der Waals surface area contributed by atoms with E-state index in [-0.39, 0.29) is 17.3 Å². The number of rotatable bonds is 5. The molecule has 0 saturated heterocycles. The van der Waals surface area contributed by atoms with Gasteiger partial charge in [0.15, 0.2) is 11.6 Å². The van der Waals surface area contributed by atoms with E-state index < -0.39 is 5.82 Å². The molecule has 6 aromatic rings. The second kappa shape index (κ2) is 8.30. The SMILES string of the molecule is O=C(Nc1cncc(-c2cc(F)c3n[nH]c(-c4nc5c(-c6ccccn6)nccc5[nH]4)c3c2)c1)C1CC1. The summed E-state index contributed by atoms with van der Waals surface area (Å²) in [5.74, 6) is 0.0856. The Labute approximate surface area is 209 Å². The quantitative estimate of drug-likeness (QED) is 0.308. The smallest absolute Gasteiger partial charge is 0.227 e. The summed E-state index contributed by atoms with van der Waals surface area (Å²) in [7, 11) is 0. The van der Waals surface area contributed by atoms with Crippen molar-refractivity contribution in [2.45, 2.75) is 12.8 Å². The molecule has 5 heterocycles. The lowest BCUT2D eigenvalue weighted by atomic mass is 10.0. The Morgan fingerprint density at radius 3 is 2.76 bits per heavy atom. The molecule has 1 amide bonds. The van der Waals surface area contributed by atoms with Crippen LogP contribution in [0.4, 0.5) is 10.1 Å². The van der Waals surface area contributed by atoms with Crippen molar-refractivity contribution in [3.05, 3.63) is 73.1 Å². The van der Waals surface area contributed by atoms with E-state index in [2.05, 4.69) is 35.5 Å². The average Bonchev–Trinajstić information content (AvgIpc) is 3.55. The fraction of sp³-hybridized carbons (Fsp3) is 0.111. The van der Waals surface area contributed by atoms with E-state index in [1.54, 1.807) is 30.9 Å². The van der Waals surface area contributed by atoms with E-state index in [0.717, 1.165) is 18.4 Å². The molecule has 7 rings (SSSR count). The van der Waals surface area contributed by atoms with Crippen molar-refractivity contribution < 1.29 is 9.18 Å². The minimum atomic E-state index is -0.477. The van der Waals surface area contributed by atoms with Gasteiger partial charge in [0, 0.05) is 35.5 Å². The lowest BCUT2D eigenvalue weighted by molar-refractivity contribution is -0.117. The number of pyridine rings is 3. The zero-order valence-corrected chi connectivity index (χ0v) is 19.4. The standard InChI is InChI=1S/C27H19FN8O/c28-19-11-15(16-9-17(13-29-12-16)32-27(37)14-4-5-14)10-18-22(19)35-36-23(18)26-33-21-6-8-31-24(25(21)34-26)20-3-1-2-7-30-20/h1-3,6-14H,4-5H2,(H,32,37)(H,33,34)(H,35,36). The molecule has 1 aromatic carbocycles. The first-order chi connectivity index (χ1) is 18.1. The van der Waals surface area contributed by atoms with Gasteiger partial charge in [0.2, 0.25) is 5.91 Å². The molecule has 0 unspecified atom stereocenters. The van der Waals surface area contributed by atoms with Crippen LogP contribution in [0.5, 0.6) is 0 Å². The van der Waals surface area contributed by atoms with Gasteiger partial charge in [0.25, 0.3) is 0 Å². The number of aromatic nitrogens is 7. The van der Waals surface area contributed by atoms with Crippen LogP contribution in [0.2, 0.25) is 0 Å². The number of aromatic amines is 2. The maximum atomic E-state index is 15.2. The van der Waals surface area contributed by atoms with Crippen LogP contribution in [0.3, 0.4) is 0 Å². The molecule has 5 aromatic heterocycles. The highest BCUT2D eigenvalue weighted by atomic mass is 19.1. The van der Waals surface area contributed by atoms with Crippen molar-refractivity contribution in [1.29, 1.82) is 0 Å². The third-order valence-corrected chi connectivity index (χ3v) is 6.44. The van der Waals surface area contributed by atoms with Crippen LogP contribution in [0.1, 0.15) is 12.8 Å². The van der Waals surface area contributed by atoms with Crippen LogP contribution < -0.4 is 5.32 Å². The molecule has 180 valence electrons. The Morgan fingerprint density at radius 1 is 1.00 bits per heavy atom. The van der Waals surface area contributed by atoms with Gasteiger partial charge in [-0.25, -0.2) is 9.37 Å². The Bertz CT molecular complexity index is 1810.